The van der Waals surface area contributed by atoms with E-state index in [1.165, 1.54) is 0 Å². The zero-order chi connectivity index (χ0) is 11.1. The van der Waals surface area contributed by atoms with Crippen molar-refractivity contribution >= 4 is 5.91 Å². The molecule has 0 saturated carbocycles. The van der Waals surface area contributed by atoms with Gasteiger partial charge in [-0.1, -0.05) is 24.1 Å². The molecule has 0 aliphatic carbocycles. The van der Waals surface area contributed by atoms with Crippen molar-refractivity contribution < 1.29 is 9.90 Å². The first-order valence-corrected chi connectivity index (χ1v) is 4.71. The van der Waals surface area contributed by atoms with Crippen molar-refractivity contribution in [1.82, 2.24) is 5.32 Å². The van der Waals surface area contributed by atoms with Gasteiger partial charge in [-0.25, -0.2) is 0 Å². The van der Waals surface area contributed by atoms with E-state index in [0.717, 1.165) is 5.56 Å². The van der Waals surface area contributed by atoms with Crippen molar-refractivity contribution in [2.75, 3.05) is 6.54 Å². The summed E-state index contributed by atoms with van der Waals surface area (Å²) in [6.07, 6.45) is -0.549. The van der Waals surface area contributed by atoms with Crippen LogP contribution in [-0.2, 0) is 4.79 Å². The van der Waals surface area contributed by atoms with Crippen LogP contribution in [0, 0.1) is 11.8 Å². The fraction of sp³-hybridized carbons (Fsp3) is 0.250. The fourth-order valence-corrected chi connectivity index (χ4v) is 0.935. The van der Waals surface area contributed by atoms with Crippen molar-refractivity contribution in [2.45, 2.75) is 13.0 Å². The van der Waals surface area contributed by atoms with Crippen LogP contribution in [0.2, 0.25) is 0 Å². The first-order valence-electron chi connectivity index (χ1n) is 4.71. The molecule has 3 nitrogen and oxygen atoms in total. The van der Waals surface area contributed by atoms with Gasteiger partial charge >= 0.3 is 0 Å². The number of amides is 1. The number of aliphatic hydroxyl groups excluding tert-OH is 1. The summed E-state index contributed by atoms with van der Waals surface area (Å²) in [6.45, 7) is 1.83. The summed E-state index contributed by atoms with van der Waals surface area (Å²) < 4.78 is 0. The summed E-state index contributed by atoms with van der Waals surface area (Å²) in [6, 6.07) is 9.26. The summed E-state index contributed by atoms with van der Waals surface area (Å²) in [5.41, 5.74) is 0.796. The Balaban J connectivity index is 2.48. The van der Waals surface area contributed by atoms with Crippen molar-refractivity contribution in [3.05, 3.63) is 35.9 Å². The molecule has 0 saturated heterocycles. The first kappa shape index (κ1) is 11.3. The van der Waals surface area contributed by atoms with E-state index in [-0.39, 0.29) is 12.5 Å². The molecule has 0 spiro atoms. The number of aliphatic hydroxyl groups is 1. The van der Waals surface area contributed by atoms with Crippen LogP contribution in [0.25, 0.3) is 0 Å². The predicted molar refractivity (Wildman–Crippen MR) is 58.0 cm³/mol. The Hall–Kier alpha value is -1.79. The Kier molecular flexibility index (Phi) is 4.39. The molecular weight excluding hydrogens is 190 g/mol. The molecule has 0 radical (unpaired) electrons. The number of carbonyl (C=O) groups excluding carboxylic acids is 1. The topological polar surface area (TPSA) is 49.3 Å². The third-order valence-corrected chi connectivity index (χ3v) is 1.65. The normalized spacial score (nSPS) is 11.1. The fourth-order valence-electron chi connectivity index (χ4n) is 0.935. The number of benzene rings is 1. The van der Waals surface area contributed by atoms with Gasteiger partial charge in [0.25, 0.3) is 5.91 Å². The minimum atomic E-state index is -0.549. The van der Waals surface area contributed by atoms with E-state index in [1.54, 1.807) is 6.92 Å². The van der Waals surface area contributed by atoms with E-state index in [2.05, 4.69) is 17.2 Å². The van der Waals surface area contributed by atoms with E-state index in [9.17, 15) is 4.79 Å². The second-order valence-electron chi connectivity index (χ2n) is 3.18. The number of rotatable bonds is 2. The maximum Gasteiger partial charge on any atom is 0.296 e. The van der Waals surface area contributed by atoms with Crippen LogP contribution in [0.4, 0.5) is 0 Å². The molecule has 0 aliphatic heterocycles. The maximum atomic E-state index is 11.1. The quantitative estimate of drug-likeness (QED) is 0.689. The van der Waals surface area contributed by atoms with E-state index in [0.29, 0.717) is 0 Å². The van der Waals surface area contributed by atoms with E-state index < -0.39 is 6.10 Å². The van der Waals surface area contributed by atoms with E-state index in [4.69, 9.17) is 5.11 Å². The standard InChI is InChI=1S/C12H13NO2/c1-10(14)9-13-12(15)8-7-11-5-3-2-4-6-11/h2-6,10,14H,9H2,1H3,(H,13,15). The lowest BCUT2D eigenvalue weighted by Gasteiger charge is -2.01. The predicted octanol–water partition coefficient (Wildman–Crippen LogP) is 0.535. The lowest BCUT2D eigenvalue weighted by atomic mass is 10.2. The molecule has 1 atom stereocenters. The van der Waals surface area contributed by atoms with Gasteiger partial charge in [0.15, 0.2) is 0 Å². The number of carbonyl (C=O) groups is 1. The molecule has 1 amide bonds. The van der Waals surface area contributed by atoms with Gasteiger partial charge in [-0.3, -0.25) is 4.79 Å². The number of hydrogen-bond donors (Lipinski definition) is 2. The Labute approximate surface area is 89.1 Å². The summed E-state index contributed by atoms with van der Waals surface area (Å²) in [5.74, 6) is 4.79. The molecule has 2 N–H and O–H groups in total. The lowest BCUT2D eigenvalue weighted by molar-refractivity contribution is -0.116. The molecule has 0 aliphatic rings. The molecule has 15 heavy (non-hydrogen) atoms. The molecular formula is C12H13NO2. The Bertz CT molecular complexity index is 374. The highest BCUT2D eigenvalue weighted by atomic mass is 16.3. The van der Waals surface area contributed by atoms with Gasteiger partial charge in [-0.05, 0) is 19.1 Å². The number of hydrogen-bond acceptors (Lipinski definition) is 2. The second-order valence-corrected chi connectivity index (χ2v) is 3.18. The SMILES string of the molecule is CC(O)CNC(=O)C#Cc1ccccc1. The zero-order valence-electron chi connectivity index (χ0n) is 8.53. The summed E-state index contributed by atoms with van der Waals surface area (Å²) in [4.78, 5) is 11.1. The van der Waals surface area contributed by atoms with Crippen LogP contribution in [0.5, 0.6) is 0 Å². The summed E-state index contributed by atoms with van der Waals surface area (Å²) in [5, 5.41) is 11.4. The molecule has 0 heterocycles. The highest BCUT2D eigenvalue weighted by molar-refractivity contribution is 5.94. The highest BCUT2D eigenvalue weighted by Crippen LogP contribution is 1.94. The highest BCUT2D eigenvalue weighted by Gasteiger charge is 1.97. The van der Waals surface area contributed by atoms with Crippen molar-refractivity contribution in [3.8, 4) is 11.8 Å². The summed E-state index contributed by atoms with van der Waals surface area (Å²) >= 11 is 0. The molecule has 1 rings (SSSR count). The number of nitrogens with one attached hydrogen (secondary N) is 1. The summed E-state index contributed by atoms with van der Waals surface area (Å²) in [7, 11) is 0. The molecule has 3 heteroatoms. The molecule has 0 fully saturated rings. The molecule has 0 aromatic heterocycles. The van der Waals surface area contributed by atoms with Gasteiger partial charge in [-0.2, -0.15) is 0 Å². The molecule has 0 bridgehead atoms. The van der Waals surface area contributed by atoms with E-state index in [1.807, 2.05) is 30.3 Å². The average molecular weight is 203 g/mol. The minimum Gasteiger partial charge on any atom is -0.392 e. The lowest BCUT2D eigenvalue weighted by Crippen LogP contribution is -2.29. The third-order valence-electron chi connectivity index (χ3n) is 1.65. The van der Waals surface area contributed by atoms with Crippen LogP contribution < -0.4 is 5.32 Å². The van der Waals surface area contributed by atoms with Gasteiger partial charge in [0.2, 0.25) is 0 Å². The van der Waals surface area contributed by atoms with Crippen LogP contribution in [0.3, 0.4) is 0 Å². The van der Waals surface area contributed by atoms with Gasteiger partial charge in [0.05, 0.1) is 6.10 Å². The molecule has 1 aromatic rings. The Morgan fingerprint density at radius 2 is 2.13 bits per heavy atom. The average Bonchev–Trinajstić information content (AvgIpc) is 2.25. The van der Waals surface area contributed by atoms with Crippen molar-refractivity contribution in [3.63, 3.8) is 0 Å². The van der Waals surface area contributed by atoms with E-state index >= 15 is 0 Å². The van der Waals surface area contributed by atoms with Crippen LogP contribution >= 0.6 is 0 Å². The minimum absolute atomic E-state index is 0.225. The van der Waals surface area contributed by atoms with Gasteiger partial charge in [0, 0.05) is 18.0 Å². The monoisotopic (exact) mass is 203 g/mol. The van der Waals surface area contributed by atoms with Crippen LogP contribution in [-0.4, -0.2) is 23.7 Å². The van der Waals surface area contributed by atoms with Crippen molar-refractivity contribution in [2.24, 2.45) is 0 Å². The van der Waals surface area contributed by atoms with Gasteiger partial charge in [-0.15, -0.1) is 0 Å². The van der Waals surface area contributed by atoms with Gasteiger partial charge in [0.1, 0.15) is 0 Å². The maximum absolute atomic E-state index is 11.1. The van der Waals surface area contributed by atoms with Crippen LogP contribution in [0.1, 0.15) is 12.5 Å². The first-order chi connectivity index (χ1) is 7.18. The Morgan fingerprint density at radius 1 is 1.47 bits per heavy atom. The molecule has 1 unspecified atom stereocenters. The molecule has 78 valence electrons. The third kappa shape index (κ3) is 4.84. The van der Waals surface area contributed by atoms with Crippen LogP contribution in [0.15, 0.2) is 30.3 Å². The van der Waals surface area contributed by atoms with Crippen molar-refractivity contribution in [1.29, 1.82) is 0 Å². The largest absolute Gasteiger partial charge is 0.392 e. The zero-order valence-corrected chi connectivity index (χ0v) is 8.53. The smallest absolute Gasteiger partial charge is 0.296 e. The Morgan fingerprint density at radius 3 is 2.73 bits per heavy atom. The second kappa shape index (κ2) is 5.84. The van der Waals surface area contributed by atoms with Gasteiger partial charge < -0.3 is 10.4 Å². The molecule has 1 aromatic carbocycles.